The number of aryl methyl sites for hydroxylation is 2. The minimum absolute atomic E-state index is 0. The van der Waals surface area contributed by atoms with Gasteiger partial charge in [0.15, 0.2) is 0 Å². The number of benzene rings is 6. The SMILES string of the molecule is Cc1cc(-c2ccc3ccccc3c2)c2cc(CC3CCCCC3)[cH-]c2c1.Cc1cc(-c2ccc3ccccc3c2)c2cc(CC3CCCCC3)[cH-]c2c1.Cl.Cl.[CH3-].[CH3-].[Si]=[Zr]. The van der Waals surface area contributed by atoms with Gasteiger partial charge in [-0.15, -0.1) is 81.8 Å². The fourth-order valence-electron chi connectivity index (χ4n) is 9.94. The molecule has 2 aliphatic rings. The van der Waals surface area contributed by atoms with Gasteiger partial charge < -0.3 is 14.9 Å². The van der Waals surface area contributed by atoms with Crippen molar-refractivity contribution in [3.8, 4) is 22.3 Å². The van der Waals surface area contributed by atoms with Gasteiger partial charge in [0.05, 0.1) is 0 Å². The molecule has 8 aromatic carbocycles. The van der Waals surface area contributed by atoms with Crippen molar-refractivity contribution in [1.29, 1.82) is 0 Å². The molecule has 0 unspecified atom stereocenters. The molecule has 2 aliphatic carbocycles. The molecule has 0 spiro atoms. The molecule has 0 amide bonds. The van der Waals surface area contributed by atoms with E-state index in [9.17, 15) is 0 Å². The summed E-state index contributed by atoms with van der Waals surface area (Å²) in [5.41, 5.74) is 11.2. The van der Waals surface area contributed by atoms with Gasteiger partial charge in [0.25, 0.3) is 0 Å². The van der Waals surface area contributed by atoms with Crippen LogP contribution < -0.4 is 0 Å². The summed E-state index contributed by atoms with van der Waals surface area (Å²) in [6.45, 7) is 7.50. The predicted molar refractivity (Wildman–Crippen MR) is 268 cm³/mol. The summed E-state index contributed by atoms with van der Waals surface area (Å²) < 4.78 is 0. The van der Waals surface area contributed by atoms with Crippen molar-refractivity contribution in [3.63, 3.8) is 0 Å². The summed E-state index contributed by atoms with van der Waals surface area (Å²) in [4.78, 5) is 0. The van der Waals surface area contributed by atoms with Crippen LogP contribution in [0.15, 0.2) is 133 Å². The maximum atomic E-state index is 3.06. The third-order valence-corrected chi connectivity index (χ3v) is 12.7. The third-order valence-electron chi connectivity index (χ3n) is 12.7. The van der Waals surface area contributed by atoms with E-state index in [1.807, 2.05) is 0 Å². The van der Waals surface area contributed by atoms with E-state index < -0.39 is 0 Å². The van der Waals surface area contributed by atoms with E-state index in [1.54, 1.807) is 0 Å². The number of fused-ring (bicyclic) bond motifs is 4. The summed E-state index contributed by atoms with van der Waals surface area (Å²) in [5.74, 6) is 1.78. The number of hydrogen-bond acceptors (Lipinski definition) is 0. The molecule has 0 aromatic heterocycles. The van der Waals surface area contributed by atoms with Gasteiger partial charge in [0.1, 0.15) is 0 Å². The van der Waals surface area contributed by atoms with E-state index in [1.165, 1.54) is 188 Å². The van der Waals surface area contributed by atoms with Crippen LogP contribution in [0.3, 0.4) is 0 Å². The molecule has 4 heteroatoms. The van der Waals surface area contributed by atoms with Crippen molar-refractivity contribution in [3.05, 3.63) is 171 Å². The summed E-state index contributed by atoms with van der Waals surface area (Å²) >= 11 is 1.36. The van der Waals surface area contributed by atoms with Gasteiger partial charge in [-0.05, 0) is 83.3 Å². The molecule has 0 nitrogen and oxygen atoms in total. The standard InChI is InChI=1S/2C27H27.2CH3.2ClH.Si.Zr/c2*1-19-13-25-16-21(15-20-7-3-2-4-8-20)17-27(25)26(14-19)24-12-11-22-9-5-6-10-23(22)18-24;;;;;;/h2*5-6,9-14,16-18,20H,2-4,7-8,15H2,1H3;2*1H3;2*1H;;/q4*-1;;;;. The quantitative estimate of drug-likeness (QED) is 0.115. The third kappa shape index (κ3) is 11.6. The van der Waals surface area contributed by atoms with Gasteiger partial charge in [-0.25, -0.2) is 0 Å². The van der Waals surface area contributed by atoms with E-state index in [0.29, 0.717) is 0 Å². The Morgan fingerprint density at radius 2 is 0.833 bits per heavy atom. The number of rotatable bonds is 6. The van der Waals surface area contributed by atoms with Gasteiger partial charge in [-0.2, -0.15) is 12.1 Å². The van der Waals surface area contributed by atoms with Crippen LogP contribution in [0.2, 0.25) is 0 Å². The van der Waals surface area contributed by atoms with Crippen LogP contribution in [0, 0.1) is 40.5 Å². The van der Waals surface area contributed by atoms with E-state index >= 15 is 0 Å². The average Bonchev–Trinajstić information content (AvgIpc) is 3.84. The van der Waals surface area contributed by atoms with Gasteiger partial charge in [0, 0.05) is 0 Å². The van der Waals surface area contributed by atoms with E-state index in [4.69, 9.17) is 0 Å². The molecule has 60 heavy (non-hydrogen) atoms. The van der Waals surface area contributed by atoms with Crippen LogP contribution in [0.1, 0.15) is 86.5 Å². The van der Waals surface area contributed by atoms with Gasteiger partial charge >= 0.3 is 30.2 Å². The minimum atomic E-state index is 0. The zero-order valence-electron chi connectivity index (χ0n) is 36.2. The van der Waals surface area contributed by atoms with Gasteiger partial charge in [-0.3, -0.25) is 0 Å². The molecule has 0 aliphatic heterocycles. The first kappa shape index (κ1) is 49.4. The Labute approximate surface area is 390 Å². The normalized spacial score (nSPS) is 14.1. The van der Waals surface area contributed by atoms with E-state index in [0.717, 1.165) is 11.8 Å². The Hall–Kier alpha value is -3.26. The fraction of sp³-hybridized carbons (Fsp3) is 0.286. The second-order valence-corrected chi connectivity index (χ2v) is 16.9. The molecule has 8 aromatic rings. The van der Waals surface area contributed by atoms with Crippen molar-refractivity contribution in [2.75, 3.05) is 0 Å². The maximum absolute atomic E-state index is 3.06. The fourth-order valence-corrected chi connectivity index (χ4v) is 9.94. The summed E-state index contributed by atoms with van der Waals surface area (Å²) in [7, 11) is 0. The Morgan fingerprint density at radius 3 is 1.22 bits per heavy atom. The molecule has 10 rings (SSSR count). The zero-order valence-corrected chi connectivity index (χ0v) is 41.2. The van der Waals surface area contributed by atoms with Crippen LogP contribution in [0.25, 0.3) is 65.3 Å². The molecular formula is C56H62Cl2SiZr-4. The molecule has 0 N–H and O–H groups in total. The average molecular weight is 925 g/mol. The Bertz CT molecular complexity index is 2400. The van der Waals surface area contributed by atoms with Gasteiger partial charge in [-0.1, -0.05) is 171 Å². The number of hydrogen-bond donors (Lipinski definition) is 0. The molecule has 0 atom stereocenters. The van der Waals surface area contributed by atoms with Crippen LogP contribution in [-0.2, 0) is 36.2 Å². The molecule has 2 saturated carbocycles. The van der Waals surface area contributed by atoms with Crippen LogP contribution in [-0.4, -0.2) is 6.88 Å². The topological polar surface area (TPSA) is 0 Å². The van der Waals surface area contributed by atoms with Gasteiger partial charge in [0.2, 0.25) is 0 Å². The molecule has 0 heterocycles. The first-order valence-electron chi connectivity index (χ1n) is 21.2. The van der Waals surface area contributed by atoms with Crippen molar-refractivity contribution in [2.45, 2.75) is 90.9 Å². The molecule has 2 radical (unpaired) electrons. The number of halogens is 2. The Kier molecular flexibility index (Phi) is 19.1. The van der Waals surface area contributed by atoms with Crippen LogP contribution >= 0.6 is 24.8 Å². The van der Waals surface area contributed by atoms with Crippen molar-refractivity contribution in [1.82, 2.24) is 0 Å². The predicted octanol–water partition coefficient (Wildman–Crippen LogP) is 17.0. The monoisotopic (exact) mass is 922 g/mol. The van der Waals surface area contributed by atoms with Crippen LogP contribution in [0.5, 0.6) is 0 Å². The second kappa shape index (κ2) is 23.3. The summed E-state index contributed by atoms with van der Waals surface area (Å²) in [5, 5.41) is 10.9. The van der Waals surface area contributed by atoms with E-state index in [2.05, 4.69) is 154 Å². The first-order valence-corrected chi connectivity index (χ1v) is 25.3. The Morgan fingerprint density at radius 1 is 0.467 bits per heavy atom. The Balaban J connectivity index is 0.000000239. The van der Waals surface area contributed by atoms with Crippen molar-refractivity contribution >= 4 is 74.8 Å². The molecule has 0 saturated heterocycles. The summed E-state index contributed by atoms with van der Waals surface area (Å²) in [6, 6.07) is 50.3. The van der Waals surface area contributed by atoms with E-state index in [-0.39, 0.29) is 39.7 Å². The second-order valence-electron chi connectivity index (χ2n) is 16.9. The molecule has 2 fully saturated rings. The van der Waals surface area contributed by atoms with Crippen molar-refractivity contribution < 1.29 is 23.3 Å². The summed E-state index contributed by atoms with van der Waals surface area (Å²) in [6.07, 6.45) is 16.7. The zero-order chi connectivity index (χ0) is 38.4. The molecular weight excluding hydrogens is 863 g/mol. The van der Waals surface area contributed by atoms with Crippen molar-refractivity contribution in [2.24, 2.45) is 11.8 Å². The van der Waals surface area contributed by atoms with Crippen LogP contribution in [0.4, 0.5) is 0 Å². The first-order chi connectivity index (χ1) is 27.5. The molecule has 312 valence electrons. The molecule has 0 bridgehead atoms.